The number of amides is 1. The molecule has 0 fully saturated rings. The first-order chi connectivity index (χ1) is 9.57. The van der Waals surface area contributed by atoms with Gasteiger partial charge in [-0.05, 0) is 24.1 Å². The molecular formula is C14H22N2O4. The first-order valence-corrected chi connectivity index (χ1v) is 6.39. The van der Waals surface area contributed by atoms with Crippen molar-refractivity contribution in [2.75, 3.05) is 21.3 Å². The summed E-state index contributed by atoms with van der Waals surface area (Å²) in [5.41, 5.74) is 6.50. The molecule has 0 radical (unpaired) electrons. The number of rotatable bonds is 7. The van der Waals surface area contributed by atoms with E-state index < -0.39 is 6.04 Å². The van der Waals surface area contributed by atoms with E-state index in [2.05, 4.69) is 5.32 Å². The van der Waals surface area contributed by atoms with Crippen molar-refractivity contribution in [3.63, 3.8) is 0 Å². The van der Waals surface area contributed by atoms with E-state index in [0.29, 0.717) is 30.2 Å². The molecule has 6 nitrogen and oxygen atoms in total. The van der Waals surface area contributed by atoms with Crippen molar-refractivity contribution in [3.05, 3.63) is 17.7 Å². The second-order valence-electron chi connectivity index (χ2n) is 4.27. The number of nitrogens with one attached hydrogen (secondary N) is 1. The summed E-state index contributed by atoms with van der Waals surface area (Å²) in [6.07, 6.45) is 0.598. The Labute approximate surface area is 119 Å². The van der Waals surface area contributed by atoms with Crippen molar-refractivity contribution in [1.82, 2.24) is 5.32 Å². The predicted octanol–water partition coefficient (Wildman–Crippen LogP) is 1.07. The molecule has 0 aliphatic rings. The van der Waals surface area contributed by atoms with Crippen molar-refractivity contribution < 1.29 is 19.0 Å². The molecule has 0 saturated carbocycles. The molecule has 1 unspecified atom stereocenters. The Morgan fingerprint density at radius 2 is 1.75 bits per heavy atom. The van der Waals surface area contributed by atoms with Gasteiger partial charge in [0, 0.05) is 6.54 Å². The second kappa shape index (κ2) is 7.59. The van der Waals surface area contributed by atoms with Crippen LogP contribution in [0.15, 0.2) is 12.1 Å². The van der Waals surface area contributed by atoms with Crippen LogP contribution in [0, 0.1) is 0 Å². The van der Waals surface area contributed by atoms with Crippen LogP contribution in [0.4, 0.5) is 0 Å². The molecule has 0 heterocycles. The summed E-state index contributed by atoms with van der Waals surface area (Å²) >= 11 is 0. The first kappa shape index (κ1) is 16.1. The van der Waals surface area contributed by atoms with Crippen molar-refractivity contribution in [2.45, 2.75) is 25.9 Å². The van der Waals surface area contributed by atoms with E-state index in [1.165, 1.54) is 0 Å². The van der Waals surface area contributed by atoms with Gasteiger partial charge in [0.15, 0.2) is 11.5 Å². The lowest BCUT2D eigenvalue weighted by molar-refractivity contribution is -0.122. The quantitative estimate of drug-likeness (QED) is 0.781. The fourth-order valence-corrected chi connectivity index (χ4v) is 1.74. The molecule has 6 heteroatoms. The average Bonchev–Trinajstić information content (AvgIpc) is 2.50. The lowest BCUT2D eigenvalue weighted by Crippen LogP contribution is -2.39. The monoisotopic (exact) mass is 282 g/mol. The summed E-state index contributed by atoms with van der Waals surface area (Å²) in [4.78, 5) is 11.7. The number of carbonyl (C=O) groups is 1. The van der Waals surface area contributed by atoms with E-state index in [-0.39, 0.29) is 5.91 Å². The molecule has 1 rings (SSSR count). The number of nitrogens with two attached hydrogens (primary N) is 1. The third kappa shape index (κ3) is 3.77. The minimum Gasteiger partial charge on any atom is -0.493 e. The molecule has 1 aromatic rings. The van der Waals surface area contributed by atoms with E-state index in [1.54, 1.807) is 33.5 Å². The highest BCUT2D eigenvalue weighted by Crippen LogP contribution is 2.38. The summed E-state index contributed by atoms with van der Waals surface area (Å²) in [5, 5.41) is 2.77. The summed E-state index contributed by atoms with van der Waals surface area (Å²) in [6.45, 7) is 2.22. The maximum Gasteiger partial charge on any atom is 0.237 e. The number of hydrogen-bond acceptors (Lipinski definition) is 5. The minimum absolute atomic E-state index is 0.179. The topological polar surface area (TPSA) is 82.8 Å². The molecule has 1 atom stereocenters. The van der Waals surface area contributed by atoms with Crippen LogP contribution < -0.4 is 25.3 Å². The van der Waals surface area contributed by atoms with Gasteiger partial charge in [-0.1, -0.05) is 6.92 Å². The Balaban J connectivity index is 2.88. The number of benzene rings is 1. The molecule has 112 valence electrons. The van der Waals surface area contributed by atoms with Crippen molar-refractivity contribution in [1.29, 1.82) is 0 Å². The van der Waals surface area contributed by atoms with E-state index in [9.17, 15) is 4.79 Å². The number of methoxy groups -OCH3 is 3. The molecule has 0 bridgehead atoms. The Kier molecular flexibility index (Phi) is 6.11. The van der Waals surface area contributed by atoms with Gasteiger partial charge in [0.1, 0.15) is 0 Å². The largest absolute Gasteiger partial charge is 0.493 e. The fourth-order valence-electron chi connectivity index (χ4n) is 1.74. The summed E-state index contributed by atoms with van der Waals surface area (Å²) in [7, 11) is 4.64. The number of ether oxygens (including phenoxy) is 3. The Morgan fingerprint density at radius 3 is 2.15 bits per heavy atom. The summed E-state index contributed by atoms with van der Waals surface area (Å²) in [5.74, 6) is 1.45. The maximum absolute atomic E-state index is 11.7. The van der Waals surface area contributed by atoms with E-state index in [4.69, 9.17) is 19.9 Å². The highest BCUT2D eigenvalue weighted by Gasteiger charge is 2.15. The van der Waals surface area contributed by atoms with Crippen LogP contribution in [0.5, 0.6) is 17.2 Å². The summed E-state index contributed by atoms with van der Waals surface area (Å²) < 4.78 is 15.7. The SMILES string of the molecule is CCC(N)C(=O)NCc1cc(OC)c(OC)c(OC)c1. The Morgan fingerprint density at radius 1 is 1.20 bits per heavy atom. The van der Waals surface area contributed by atoms with Crippen LogP contribution in [0.25, 0.3) is 0 Å². The van der Waals surface area contributed by atoms with Gasteiger partial charge in [-0.25, -0.2) is 0 Å². The Bertz CT molecular complexity index is 437. The summed E-state index contributed by atoms with van der Waals surface area (Å²) in [6, 6.07) is 3.09. The third-order valence-electron chi connectivity index (χ3n) is 2.97. The maximum atomic E-state index is 11.7. The van der Waals surface area contributed by atoms with Crippen molar-refractivity contribution in [3.8, 4) is 17.2 Å². The lowest BCUT2D eigenvalue weighted by atomic mass is 10.1. The van der Waals surface area contributed by atoms with Gasteiger partial charge in [0.25, 0.3) is 0 Å². The third-order valence-corrected chi connectivity index (χ3v) is 2.97. The van der Waals surface area contributed by atoms with E-state index >= 15 is 0 Å². The molecule has 20 heavy (non-hydrogen) atoms. The van der Waals surface area contributed by atoms with Crippen LogP contribution in [-0.4, -0.2) is 33.3 Å². The molecule has 0 spiro atoms. The molecule has 1 amide bonds. The van der Waals surface area contributed by atoms with Gasteiger partial charge >= 0.3 is 0 Å². The molecule has 3 N–H and O–H groups in total. The minimum atomic E-state index is -0.489. The number of hydrogen-bond donors (Lipinski definition) is 2. The second-order valence-corrected chi connectivity index (χ2v) is 4.27. The average molecular weight is 282 g/mol. The van der Waals surface area contributed by atoms with E-state index in [0.717, 1.165) is 5.56 Å². The van der Waals surface area contributed by atoms with E-state index in [1.807, 2.05) is 6.92 Å². The molecule has 0 aromatic heterocycles. The first-order valence-electron chi connectivity index (χ1n) is 6.39. The van der Waals surface area contributed by atoms with Gasteiger partial charge in [-0.2, -0.15) is 0 Å². The molecule has 0 aliphatic carbocycles. The predicted molar refractivity (Wildman–Crippen MR) is 76.2 cm³/mol. The molecule has 0 aliphatic heterocycles. The highest BCUT2D eigenvalue weighted by atomic mass is 16.5. The normalized spacial score (nSPS) is 11.7. The standard InChI is InChI=1S/C14H22N2O4/c1-5-10(15)14(17)16-8-9-6-11(18-2)13(20-4)12(7-9)19-3/h6-7,10H,5,8,15H2,1-4H3,(H,16,17). The Hall–Kier alpha value is -1.95. The van der Waals surface area contributed by atoms with Crippen molar-refractivity contribution >= 4 is 5.91 Å². The number of carbonyl (C=O) groups excluding carboxylic acids is 1. The van der Waals surface area contributed by atoms with Crippen molar-refractivity contribution in [2.24, 2.45) is 5.73 Å². The fraction of sp³-hybridized carbons (Fsp3) is 0.500. The molecule has 1 aromatic carbocycles. The highest BCUT2D eigenvalue weighted by molar-refractivity contribution is 5.81. The van der Waals surface area contributed by atoms with Gasteiger partial charge < -0.3 is 25.3 Å². The van der Waals surface area contributed by atoms with Crippen LogP contribution in [0.2, 0.25) is 0 Å². The smallest absolute Gasteiger partial charge is 0.237 e. The lowest BCUT2D eigenvalue weighted by Gasteiger charge is -2.15. The van der Waals surface area contributed by atoms with Crippen LogP contribution in [-0.2, 0) is 11.3 Å². The van der Waals surface area contributed by atoms with Gasteiger partial charge in [0.05, 0.1) is 27.4 Å². The zero-order valence-electron chi connectivity index (χ0n) is 12.4. The van der Waals surface area contributed by atoms with Gasteiger partial charge in [-0.15, -0.1) is 0 Å². The van der Waals surface area contributed by atoms with Crippen LogP contribution >= 0.6 is 0 Å². The van der Waals surface area contributed by atoms with Crippen LogP contribution in [0.3, 0.4) is 0 Å². The zero-order valence-corrected chi connectivity index (χ0v) is 12.4. The van der Waals surface area contributed by atoms with Gasteiger partial charge in [0.2, 0.25) is 11.7 Å². The molecular weight excluding hydrogens is 260 g/mol. The molecule has 0 saturated heterocycles. The van der Waals surface area contributed by atoms with Gasteiger partial charge in [-0.3, -0.25) is 4.79 Å². The zero-order chi connectivity index (χ0) is 15.1. The van der Waals surface area contributed by atoms with Crippen LogP contribution in [0.1, 0.15) is 18.9 Å².